The molecule has 0 radical (unpaired) electrons. The fourth-order valence-electron chi connectivity index (χ4n) is 2.30. The van der Waals surface area contributed by atoms with Crippen LogP contribution < -0.4 is 0 Å². The number of aromatic amines is 1. The minimum Gasteiger partial charge on any atom is -0.281 e. The summed E-state index contributed by atoms with van der Waals surface area (Å²) in [6.45, 7) is 6.45. The molecule has 4 rings (SSSR count). The molecule has 116 valence electrons. The molecule has 3 aromatic heterocycles. The quantitative estimate of drug-likeness (QED) is 0.612. The Hall–Kier alpha value is -2.54. The van der Waals surface area contributed by atoms with Gasteiger partial charge in [0.15, 0.2) is 10.8 Å². The summed E-state index contributed by atoms with van der Waals surface area (Å²) < 4.78 is 1.78. The zero-order valence-corrected chi connectivity index (χ0v) is 13.9. The van der Waals surface area contributed by atoms with E-state index in [1.54, 1.807) is 4.52 Å². The number of nitrogens with one attached hydrogen (secondary N) is 1. The maximum absolute atomic E-state index is 4.64. The van der Waals surface area contributed by atoms with Crippen LogP contribution >= 0.6 is 11.3 Å². The Balaban J connectivity index is 1.78. The summed E-state index contributed by atoms with van der Waals surface area (Å²) in [4.78, 5) is 0.763. The van der Waals surface area contributed by atoms with Gasteiger partial charge in [0.25, 0.3) is 0 Å². The molecule has 1 aromatic carbocycles. The zero-order valence-electron chi connectivity index (χ0n) is 13.1. The van der Waals surface area contributed by atoms with Crippen LogP contribution in [-0.4, -0.2) is 30.0 Å². The van der Waals surface area contributed by atoms with Crippen LogP contribution in [0.5, 0.6) is 0 Å². The van der Waals surface area contributed by atoms with Gasteiger partial charge < -0.3 is 0 Å². The lowest BCUT2D eigenvalue weighted by Crippen LogP contribution is -2.11. The van der Waals surface area contributed by atoms with E-state index < -0.39 is 0 Å². The van der Waals surface area contributed by atoms with Crippen molar-refractivity contribution < 1.29 is 0 Å². The van der Waals surface area contributed by atoms with Crippen molar-refractivity contribution in [3.8, 4) is 22.1 Å². The average Bonchev–Trinajstić information content (AvgIpc) is 3.22. The molecule has 0 fully saturated rings. The summed E-state index contributed by atoms with van der Waals surface area (Å²) in [7, 11) is 0. The first-order valence-electron chi connectivity index (χ1n) is 7.36. The minimum atomic E-state index is 0.0272. The third-order valence-electron chi connectivity index (χ3n) is 3.63. The van der Waals surface area contributed by atoms with E-state index in [0.29, 0.717) is 0 Å². The number of hydrogen-bond donors (Lipinski definition) is 1. The highest BCUT2D eigenvalue weighted by Crippen LogP contribution is 2.29. The molecule has 0 bridgehead atoms. The van der Waals surface area contributed by atoms with Crippen molar-refractivity contribution in [1.29, 1.82) is 0 Å². The van der Waals surface area contributed by atoms with E-state index in [1.165, 1.54) is 11.3 Å². The standard InChI is InChI=1S/C16H16N6S/c1-16(2,3)12-9-11(17-18-12)14-21-22-13(19-20-15(22)23-14)10-7-5-4-6-8-10/h4-9H,1-3H3,(H,17,18). The average molecular weight is 324 g/mol. The Morgan fingerprint density at radius 3 is 2.57 bits per heavy atom. The predicted molar refractivity (Wildman–Crippen MR) is 90.4 cm³/mol. The first kappa shape index (κ1) is 14.1. The van der Waals surface area contributed by atoms with Gasteiger partial charge in [-0.15, -0.1) is 10.2 Å². The molecular formula is C16H16N6S. The van der Waals surface area contributed by atoms with E-state index in [4.69, 9.17) is 0 Å². The molecule has 6 nitrogen and oxygen atoms in total. The van der Waals surface area contributed by atoms with Crippen molar-refractivity contribution in [2.45, 2.75) is 26.2 Å². The van der Waals surface area contributed by atoms with E-state index in [2.05, 4.69) is 46.3 Å². The Morgan fingerprint density at radius 1 is 1.09 bits per heavy atom. The van der Waals surface area contributed by atoms with Crippen LogP contribution in [0.15, 0.2) is 36.4 Å². The molecule has 3 heterocycles. The number of aromatic nitrogens is 6. The van der Waals surface area contributed by atoms with Gasteiger partial charge >= 0.3 is 0 Å². The van der Waals surface area contributed by atoms with Gasteiger partial charge in [-0.3, -0.25) is 5.10 Å². The monoisotopic (exact) mass is 324 g/mol. The maximum atomic E-state index is 4.64. The van der Waals surface area contributed by atoms with Crippen molar-refractivity contribution in [2.24, 2.45) is 0 Å². The van der Waals surface area contributed by atoms with E-state index in [0.717, 1.165) is 32.7 Å². The molecular weight excluding hydrogens is 308 g/mol. The number of benzene rings is 1. The summed E-state index contributed by atoms with van der Waals surface area (Å²) in [5.41, 5.74) is 2.94. The summed E-state index contributed by atoms with van der Waals surface area (Å²) in [6.07, 6.45) is 0. The van der Waals surface area contributed by atoms with Gasteiger partial charge in [0.1, 0.15) is 5.69 Å². The van der Waals surface area contributed by atoms with Crippen molar-refractivity contribution >= 4 is 16.3 Å². The topological polar surface area (TPSA) is 71.8 Å². The van der Waals surface area contributed by atoms with Crippen molar-refractivity contribution in [2.75, 3.05) is 0 Å². The molecule has 0 aliphatic heterocycles. The van der Waals surface area contributed by atoms with E-state index in [-0.39, 0.29) is 5.41 Å². The summed E-state index contributed by atoms with van der Waals surface area (Å²) in [5.74, 6) is 0.745. The first-order valence-corrected chi connectivity index (χ1v) is 8.18. The fourth-order valence-corrected chi connectivity index (χ4v) is 3.10. The van der Waals surface area contributed by atoms with E-state index in [9.17, 15) is 0 Å². The highest BCUT2D eigenvalue weighted by Gasteiger charge is 2.20. The summed E-state index contributed by atoms with van der Waals surface area (Å²) >= 11 is 1.49. The Kier molecular flexibility index (Phi) is 3.05. The molecule has 0 saturated heterocycles. The molecule has 0 aliphatic carbocycles. The minimum absolute atomic E-state index is 0.0272. The molecule has 0 aliphatic rings. The summed E-state index contributed by atoms with van der Waals surface area (Å²) in [5, 5.41) is 21.4. The number of H-pyrrole nitrogens is 1. The number of nitrogens with zero attached hydrogens (tertiary/aromatic N) is 5. The number of rotatable bonds is 2. The third-order valence-corrected chi connectivity index (χ3v) is 4.55. The predicted octanol–water partition coefficient (Wildman–Crippen LogP) is 3.54. The van der Waals surface area contributed by atoms with Crippen LogP contribution in [0.1, 0.15) is 26.5 Å². The molecule has 0 unspecified atom stereocenters. The van der Waals surface area contributed by atoms with Crippen molar-refractivity contribution in [3.05, 3.63) is 42.1 Å². The second-order valence-corrected chi connectivity index (χ2v) is 7.36. The molecule has 23 heavy (non-hydrogen) atoms. The SMILES string of the molecule is CC(C)(C)c1cc(-c2nn3c(-c4ccccc4)nnc3s2)n[nH]1. The molecule has 0 amide bonds. The van der Waals surface area contributed by atoms with Crippen molar-refractivity contribution in [3.63, 3.8) is 0 Å². The smallest absolute Gasteiger partial charge is 0.235 e. The van der Waals surface area contributed by atoms with Gasteiger partial charge in [-0.2, -0.15) is 14.7 Å². The van der Waals surface area contributed by atoms with Gasteiger partial charge in [0.2, 0.25) is 4.96 Å². The molecule has 4 aromatic rings. The zero-order chi connectivity index (χ0) is 16.0. The molecule has 7 heteroatoms. The lowest BCUT2D eigenvalue weighted by atomic mass is 9.92. The van der Waals surface area contributed by atoms with Gasteiger partial charge in [-0.05, 0) is 6.07 Å². The first-order chi connectivity index (χ1) is 11.0. The lowest BCUT2D eigenvalue weighted by molar-refractivity contribution is 0.567. The third kappa shape index (κ3) is 2.43. The van der Waals surface area contributed by atoms with Crippen LogP contribution in [0.25, 0.3) is 27.1 Å². The molecule has 0 atom stereocenters. The Labute approximate surface area is 137 Å². The van der Waals surface area contributed by atoms with Crippen LogP contribution in [0.2, 0.25) is 0 Å². The maximum Gasteiger partial charge on any atom is 0.235 e. The lowest BCUT2D eigenvalue weighted by Gasteiger charge is -2.14. The highest BCUT2D eigenvalue weighted by molar-refractivity contribution is 7.19. The fraction of sp³-hybridized carbons (Fsp3) is 0.250. The van der Waals surface area contributed by atoms with Gasteiger partial charge in [-0.25, -0.2) is 0 Å². The molecule has 0 saturated carbocycles. The number of hydrogen-bond acceptors (Lipinski definition) is 5. The molecule has 0 spiro atoms. The second-order valence-electron chi connectivity index (χ2n) is 6.41. The van der Waals surface area contributed by atoms with E-state index >= 15 is 0 Å². The van der Waals surface area contributed by atoms with E-state index in [1.807, 2.05) is 36.4 Å². The normalized spacial score (nSPS) is 12.1. The van der Waals surface area contributed by atoms with Crippen molar-refractivity contribution in [1.82, 2.24) is 30.0 Å². The van der Waals surface area contributed by atoms with Gasteiger partial charge in [-0.1, -0.05) is 62.4 Å². The van der Waals surface area contributed by atoms with Crippen LogP contribution in [0.3, 0.4) is 0 Å². The summed E-state index contributed by atoms with van der Waals surface area (Å²) in [6, 6.07) is 12.0. The van der Waals surface area contributed by atoms with Crippen LogP contribution in [0, 0.1) is 0 Å². The van der Waals surface area contributed by atoms with Gasteiger partial charge in [0.05, 0.1) is 0 Å². The van der Waals surface area contributed by atoms with Crippen LogP contribution in [-0.2, 0) is 5.41 Å². The largest absolute Gasteiger partial charge is 0.281 e. The number of fused-ring (bicyclic) bond motifs is 1. The van der Waals surface area contributed by atoms with Gasteiger partial charge in [0, 0.05) is 16.7 Å². The van der Waals surface area contributed by atoms with Crippen LogP contribution in [0.4, 0.5) is 0 Å². The second kappa shape index (κ2) is 4.99. The Morgan fingerprint density at radius 2 is 1.87 bits per heavy atom. The molecule has 1 N–H and O–H groups in total. The Bertz CT molecular complexity index is 957. The highest BCUT2D eigenvalue weighted by atomic mass is 32.1.